The molecule has 1 N–H and O–H groups in total. The van der Waals surface area contributed by atoms with Gasteiger partial charge in [-0.25, -0.2) is 8.42 Å². The summed E-state index contributed by atoms with van der Waals surface area (Å²) in [7, 11) is -0.251. The Bertz CT molecular complexity index is 696. The van der Waals surface area contributed by atoms with Gasteiger partial charge in [-0.3, -0.25) is 4.79 Å². The molecule has 0 unspecified atom stereocenters. The van der Waals surface area contributed by atoms with Gasteiger partial charge in [0.15, 0.2) is 0 Å². The summed E-state index contributed by atoms with van der Waals surface area (Å²) in [5.74, 6) is 0.620. The number of sulfonamides is 1. The summed E-state index contributed by atoms with van der Waals surface area (Å²) in [6.07, 6.45) is 0.459. The van der Waals surface area contributed by atoms with Crippen molar-refractivity contribution in [3.05, 3.63) is 24.3 Å². The topological polar surface area (TPSA) is 78.9 Å². The van der Waals surface area contributed by atoms with Crippen LogP contribution in [0.15, 0.2) is 29.2 Å². The Morgan fingerprint density at radius 1 is 1.15 bits per heavy atom. The van der Waals surface area contributed by atoms with Gasteiger partial charge in [0.2, 0.25) is 15.9 Å². The van der Waals surface area contributed by atoms with Gasteiger partial charge in [0.1, 0.15) is 11.8 Å². The first-order chi connectivity index (χ1) is 12.2. The Hall–Kier alpha value is -1.64. The van der Waals surface area contributed by atoms with Gasteiger partial charge in [-0.05, 0) is 43.7 Å². The molecule has 0 radical (unpaired) electrons. The van der Waals surface area contributed by atoms with E-state index in [2.05, 4.69) is 9.62 Å². The normalized spacial score (nSPS) is 17.3. The molecule has 2 rings (SSSR count). The number of ether oxygens (including phenoxy) is 1. The first-order valence-electron chi connectivity index (χ1n) is 8.86. The van der Waals surface area contributed by atoms with Crippen LogP contribution in [0, 0.1) is 5.92 Å². The molecule has 7 nitrogen and oxygen atoms in total. The number of nitrogens with zero attached hydrogens (tertiary/aromatic N) is 2. The number of amides is 1. The van der Waals surface area contributed by atoms with Crippen molar-refractivity contribution in [3.8, 4) is 5.75 Å². The molecule has 0 aromatic heterocycles. The predicted molar refractivity (Wildman–Crippen MR) is 101 cm³/mol. The summed E-state index contributed by atoms with van der Waals surface area (Å²) < 4.78 is 33.1. The first kappa shape index (κ1) is 20.7. The molecule has 1 aromatic rings. The molecule has 146 valence electrons. The number of rotatable bonds is 7. The van der Waals surface area contributed by atoms with Crippen LogP contribution in [0.5, 0.6) is 5.75 Å². The molecule has 1 aliphatic heterocycles. The minimum atomic E-state index is -3.79. The number of likely N-dealkylation sites (N-methyl/N-ethyl adjacent to an activating group) is 1. The highest BCUT2D eigenvalue weighted by Gasteiger charge is 2.31. The number of nitrogens with one attached hydrogen (secondary N) is 1. The van der Waals surface area contributed by atoms with Crippen molar-refractivity contribution >= 4 is 15.9 Å². The quantitative estimate of drug-likeness (QED) is 0.764. The van der Waals surface area contributed by atoms with Crippen LogP contribution in [0.1, 0.15) is 20.3 Å². The van der Waals surface area contributed by atoms with Gasteiger partial charge >= 0.3 is 0 Å². The summed E-state index contributed by atoms with van der Waals surface area (Å²) >= 11 is 0. The lowest BCUT2D eigenvalue weighted by Gasteiger charge is -2.35. The monoisotopic (exact) mass is 383 g/mol. The molecule has 1 aliphatic rings. The van der Waals surface area contributed by atoms with E-state index in [1.165, 1.54) is 19.2 Å². The van der Waals surface area contributed by atoms with Crippen molar-refractivity contribution in [1.82, 2.24) is 14.5 Å². The standard InChI is InChI=1S/C18H29N3O4S/c1-14(2)13-17(18(22)21-11-9-20(3)10-12-21)19-26(23,24)16-7-5-15(25-4)6-8-16/h5-8,14,17,19H,9-13H2,1-4H3/t17-/m0/s1. The van der Waals surface area contributed by atoms with Gasteiger partial charge < -0.3 is 14.5 Å². The van der Waals surface area contributed by atoms with Crippen LogP contribution in [-0.4, -0.2) is 70.5 Å². The van der Waals surface area contributed by atoms with Crippen LogP contribution in [0.4, 0.5) is 0 Å². The van der Waals surface area contributed by atoms with Gasteiger partial charge in [-0.15, -0.1) is 0 Å². The number of carbonyl (C=O) groups is 1. The highest BCUT2D eigenvalue weighted by molar-refractivity contribution is 7.89. The second-order valence-corrected chi connectivity index (χ2v) is 8.82. The lowest BCUT2D eigenvalue weighted by Crippen LogP contribution is -2.54. The zero-order chi connectivity index (χ0) is 19.3. The van der Waals surface area contributed by atoms with Gasteiger partial charge in [-0.1, -0.05) is 13.8 Å². The van der Waals surface area contributed by atoms with Crippen LogP contribution >= 0.6 is 0 Å². The molecule has 8 heteroatoms. The van der Waals surface area contributed by atoms with E-state index in [9.17, 15) is 13.2 Å². The second kappa shape index (κ2) is 8.83. The maximum atomic E-state index is 12.9. The third-order valence-electron chi connectivity index (χ3n) is 4.49. The van der Waals surface area contributed by atoms with Crippen molar-refractivity contribution in [1.29, 1.82) is 0 Å². The minimum absolute atomic E-state index is 0.123. The molecule has 1 saturated heterocycles. The smallest absolute Gasteiger partial charge is 0.241 e. The van der Waals surface area contributed by atoms with Crippen LogP contribution in [0.3, 0.4) is 0 Å². The molecule has 0 aliphatic carbocycles. The Morgan fingerprint density at radius 2 is 1.73 bits per heavy atom. The largest absolute Gasteiger partial charge is 0.497 e. The van der Waals surface area contributed by atoms with Crippen molar-refractivity contribution in [2.24, 2.45) is 5.92 Å². The third-order valence-corrected chi connectivity index (χ3v) is 5.97. The third kappa shape index (κ3) is 5.43. The number of hydrogen-bond donors (Lipinski definition) is 1. The lowest BCUT2D eigenvalue weighted by atomic mass is 10.0. The fourth-order valence-corrected chi connectivity index (χ4v) is 4.13. The minimum Gasteiger partial charge on any atom is -0.497 e. The summed E-state index contributed by atoms with van der Waals surface area (Å²) in [6, 6.07) is 5.38. The van der Waals surface area contributed by atoms with Gasteiger partial charge in [-0.2, -0.15) is 4.72 Å². The average molecular weight is 384 g/mol. The molecule has 1 atom stereocenters. The summed E-state index contributed by atoms with van der Waals surface area (Å²) in [6.45, 7) is 6.79. The van der Waals surface area contributed by atoms with Crippen molar-refractivity contribution < 1.29 is 17.9 Å². The van der Waals surface area contributed by atoms with E-state index in [1.54, 1.807) is 17.0 Å². The van der Waals surface area contributed by atoms with Crippen LogP contribution < -0.4 is 9.46 Å². The average Bonchev–Trinajstić information content (AvgIpc) is 2.60. The summed E-state index contributed by atoms with van der Waals surface area (Å²) in [4.78, 5) is 16.9. The van der Waals surface area contributed by atoms with Gasteiger partial charge in [0.05, 0.1) is 12.0 Å². The molecule has 1 heterocycles. The van der Waals surface area contributed by atoms with Gasteiger partial charge in [0, 0.05) is 26.2 Å². The van der Waals surface area contributed by atoms with E-state index in [0.717, 1.165) is 13.1 Å². The Kier molecular flexibility index (Phi) is 7.02. The summed E-state index contributed by atoms with van der Waals surface area (Å²) in [5.41, 5.74) is 0. The number of carbonyl (C=O) groups excluding carboxylic acids is 1. The Labute approximate surface area is 156 Å². The molecule has 26 heavy (non-hydrogen) atoms. The number of methoxy groups -OCH3 is 1. The highest BCUT2D eigenvalue weighted by atomic mass is 32.2. The van der Waals surface area contributed by atoms with E-state index >= 15 is 0 Å². The molecule has 1 amide bonds. The number of piperazine rings is 1. The highest BCUT2D eigenvalue weighted by Crippen LogP contribution is 2.18. The van der Waals surface area contributed by atoms with E-state index in [1.807, 2.05) is 20.9 Å². The van der Waals surface area contributed by atoms with Gasteiger partial charge in [0.25, 0.3) is 0 Å². The van der Waals surface area contributed by atoms with Crippen LogP contribution in [0.2, 0.25) is 0 Å². The zero-order valence-electron chi connectivity index (χ0n) is 15.9. The molecule has 0 spiro atoms. The number of hydrogen-bond acceptors (Lipinski definition) is 5. The Balaban J connectivity index is 2.16. The predicted octanol–water partition coefficient (Wildman–Crippen LogP) is 1.16. The molecular weight excluding hydrogens is 354 g/mol. The van der Waals surface area contributed by atoms with Crippen LogP contribution in [-0.2, 0) is 14.8 Å². The van der Waals surface area contributed by atoms with Crippen LogP contribution in [0.25, 0.3) is 0 Å². The lowest BCUT2D eigenvalue weighted by molar-refractivity contribution is -0.135. The molecule has 0 bridgehead atoms. The van der Waals surface area contributed by atoms with E-state index in [-0.39, 0.29) is 16.7 Å². The van der Waals surface area contributed by atoms with Crippen molar-refractivity contribution in [3.63, 3.8) is 0 Å². The maximum Gasteiger partial charge on any atom is 0.241 e. The van der Waals surface area contributed by atoms with Crippen molar-refractivity contribution in [2.45, 2.75) is 31.2 Å². The second-order valence-electron chi connectivity index (χ2n) is 7.11. The first-order valence-corrected chi connectivity index (χ1v) is 10.3. The van der Waals surface area contributed by atoms with Crippen molar-refractivity contribution in [2.75, 3.05) is 40.3 Å². The molecule has 0 saturated carbocycles. The zero-order valence-corrected chi connectivity index (χ0v) is 16.8. The summed E-state index contributed by atoms with van der Waals surface area (Å²) in [5, 5.41) is 0. The Morgan fingerprint density at radius 3 is 2.23 bits per heavy atom. The fourth-order valence-electron chi connectivity index (χ4n) is 2.93. The fraction of sp³-hybridized carbons (Fsp3) is 0.611. The molecule has 1 aromatic carbocycles. The van der Waals surface area contributed by atoms with E-state index in [4.69, 9.17) is 4.74 Å². The maximum absolute atomic E-state index is 12.9. The molecular formula is C18H29N3O4S. The molecule has 1 fully saturated rings. The SMILES string of the molecule is COc1ccc(S(=O)(=O)N[C@@H](CC(C)C)C(=O)N2CCN(C)CC2)cc1. The van der Waals surface area contributed by atoms with E-state index in [0.29, 0.717) is 25.3 Å². The van der Waals surface area contributed by atoms with E-state index < -0.39 is 16.1 Å². The number of benzene rings is 1.